The number of nitrogens with one attached hydrogen (secondary N) is 1. The van der Waals surface area contributed by atoms with Gasteiger partial charge in [0.25, 0.3) is 0 Å². The van der Waals surface area contributed by atoms with Crippen LogP contribution < -0.4 is 5.32 Å². The van der Waals surface area contributed by atoms with E-state index in [0.717, 1.165) is 22.2 Å². The molecular weight excluding hydrogens is 302 g/mol. The summed E-state index contributed by atoms with van der Waals surface area (Å²) in [5.74, 6) is 0.377. The molecule has 1 fully saturated rings. The Kier molecular flexibility index (Phi) is 3.38. The number of allylic oxidation sites excluding steroid dienone is 6. The summed E-state index contributed by atoms with van der Waals surface area (Å²) < 4.78 is 1.07. The lowest BCUT2D eigenvalue weighted by Gasteiger charge is -2.26. The fraction of sp³-hybridized carbons (Fsp3) is 0.188. The van der Waals surface area contributed by atoms with Gasteiger partial charge in [0, 0.05) is 16.6 Å². The number of amides is 1. The summed E-state index contributed by atoms with van der Waals surface area (Å²) >= 11 is 3.44. The van der Waals surface area contributed by atoms with E-state index >= 15 is 0 Å². The molecule has 0 bridgehead atoms. The van der Waals surface area contributed by atoms with E-state index in [1.165, 1.54) is 5.56 Å². The van der Waals surface area contributed by atoms with Crippen LogP contribution >= 0.6 is 15.9 Å². The molecule has 0 spiro atoms. The predicted octanol–water partition coefficient (Wildman–Crippen LogP) is 3.82. The Morgan fingerprint density at radius 1 is 1.05 bits per heavy atom. The van der Waals surface area contributed by atoms with Gasteiger partial charge in [0.05, 0.1) is 0 Å². The zero-order valence-electron chi connectivity index (χ0n) is 10.4. The predicted molar refractivity (Wildman–Crippen MR) is 79.6 cm³/mol. The Balaban J connectivity index is 1.89. The Morgan fingerprint density at radius 3 is 2.42 bits per heavy atom. The van der Waals surface area contributed by atoms with Gasteiger partial charge in [-0.3, -0.25) is 4.79 Å². The number of hydrogen-bond donors (Lipinski definition) is 1. The molecule has 1 aromatic carbocycles. The lowest BCUT2D eigenvalue weighted by Crippen LogP contribution is -2.31. The lowest BCUT2D eigenvalue weighted by atomic mass is 9.87. The first-order valence-electron chi connectivity index (χ1n) is 6.35. The maximum Gasteiger partial charge on any atom is 0.224 e. The summed E-state index contributed by atoms with van der Waals surface area (Å²) in [6.07, 6.45) is 9.53. The van der Waals surface area contributed by atoms with E-state index in [1.54, 1.807) is 0 Å². The highest BCUT2D eigenvalue weighted by Crippen LogP contribution is 2.32. The Morgan fingerprint density at radius 2 is 1.74 bits per heavy atom. The third-order valence-electron chi connectivity index (χ3n) is 3.53. The van der Waals surface area contributed by atoms with Crippen molar-refractivity contribution in [1.82, 2.24) is 5.32 Å². The molecule has 1 saturated heterocycles. The van der Waals surface area contributed by atoms with Gasteiger partial charge in [-0.15, -0.1) is 0 Å². The van der Waals surface area contributed by atoms with Gasteiger partial charge in [-0.05, 0) is 35.6 Å². The normalized spacial score (nSPS) is 21.9. The molecular formula is C16H14BrNO. The molecule has 1 aliphatic heterocycles. The highest BCUT2D eigenvalue weighted by molar-refractivity contribution is 9.10. The van der Waals surface area contributed by atoms with E-state index in [1.807, 2.05) is 36.4 Å². The zero-order valence-corrected chi connectivity index (χ0v) is 12.0. The molecule has 3 rings (SSSR count). The van der Waals surface area contributed by atoms with Crippen LogP contribution in [0.1, 0.15) is 24.3 Å². The molecule has 1 aliphatic carbocycles. The number of hydrogen-bond acceptors (Lipinski definition) is 1. The van der Waals surface area contributed by atoms with Gasteiger partial charge < -0.3 is 5.32 Å². The van der Waals surface area contributed by atoms with E-state index in [4.69, 9.17) is 0 Å². The third-order valence-corrected chi connectivity index (χ3v) is 4.05. The van der Waals surface area contributed by atoms with Crippen molar-refractivity contribution in [2.45, 2.75) is 18.8 Å². The summed E-state index contributed by atoms with van der Waals surface area (Å²) in [6, 6.07) is 8.25. The topological polar surface area (TPSA) is 29.1 Å². The highest BCUT2D eigenvalue weighted by atomic mass is 79.9. The molecule has 0 radical (unpaired) electrons. The molecule has 96 valence electrons. The van der Waals surface area contributed by atoms with Gasteiger partial charge >= 0.3 is 0 Å². The maximum atomic E-state index is 11.9. The molecule has 1 atom stereocenters. The fourth-order valence-corrected chi connectivity index (χ4v) is 2.81. The van der Waals surface area contributed by atoms with Crippen LogP contribution in [-0.4, -0.2) is 5.91 Å². The molecule has 1 unspecified atom stereocenters. The first kappa shape index (κ1) is 12.4. The van der Waals surface area contributed by atoms with Crippen LogP contribution in [0.3, 0.4) is 0 Å². The van der Waals surface area contributed by atoms with Crippen molar-refractivity contribution in [3.05, 3.63) is 69.9 Å². The van der Waals surface area contributed by atoms with Crippen molar-refractivity contribution in [3.8, 4) is 0 Å². The van der Waals surface area contributed by atoms with Gasteiger partial charge in [-0.1, -0.05) is 52.4 Å². The van der Waals surface area contributed by atoms with E-state index in [0.29, 0.717) is 6.42 Å². The van der Waals surface area contributed by atoms with E-state index in [2.05, 4.69) is 33.4 Å². The van der Waals surface area contributed by atoms with E-state index in [-0.39, 0.29) is 11.8 Å². The van der Waals surface area contributed by atoms with Crippen LogP contribution in [-0.2, 0) is 4.79 Å². The Labute approximate surface area is 121 Å². The summed E-state index contributed by atoms with van der Waals surface area (Å²) in [5.41, 5.74) is 3.38. The SMILES string of the molecule is O=C1CC(c2ccc(Br)cc2)CC(=C2C=CC=C2)N1. The van der Waals surface area contributed by atoms with Crippen LogP contribution in [0, 0.1) is 0 Å². The fourth-order valence-electron chi connectivity index (χ4n) is 2.55. The second-order valence-corrected chi connectivity index (χ2v) is 5.77. The number of carbonyl (C=O) groups excluding carboxylic acids is 1. The monoisotopic (exact) mass is 315 g/mol. The van der Waals surface area contributed by atoms with Crippen LogP contribution in [0.4, 0.5) is 0 Å². The van der Waals surface area contributed by atoms with Crippen molar-refractivity contribution < 1.29 is 4.79 Å². The summed E-state index contributed by atoms with van der Waals surface area (Å²) in [6.45, 7) is 0. The summed E-state index contributed by atoms with van der Waals surface area (Å²) in [7, 11) is 0. The van der Waals surface area contributed by atoms with Crippen LogP contribution in [0.2, 0.25) is 0 Å². The molecule has 0 aromatic heterocycles. The average Bonchev–Trinajstić information content (AvgIpc) is 2.93. The number of piperidine rings is 1. The molecule has 2 aliphatic rings. The first-order chi connectivity index (χ1) is 9.22. The number of carbonyl (C=O) groups is 1. The quantitative estimate of drug-likeness (QED) is 0.838. The molecule has 3 heteroatoms. The van der Waals surface area contributed by atoms with Crippen molar-refractivity contribution in [2.75, 3.05) is 0 Å². The smallest absolute Gasteiger partial charge is 0.224 e. The molecule has 19 heavy (non-hydrogen) atoms. The van der Waals surface area contributed by atoms with Gasteiger partial charge in [-0.2, -0.15) is 0 Å². The van der Waals surface area contributed by atoms with Crippen molar-refractivity contribution in [2.24, 2.45) is 0 Å². The number of rotatable bonds is 1. The summed E-state index contributed by atoms with van der Waals surface area (Å²) in [4.78, 5) is 11.9. The molecule has 1 N–H and O–H groups in total. The van der Waals surface area contributed by atoms with Gasteiger partial charge in [-0.25, -0.2) is 0 Å². The minimum atomic E-state index is 0.107. The molecule has 1 aromatic rings. The van der Waals surface area contributed by atoms with Gasteiger partial charge in [0.2, 0.25) is 5.91 Å². The van der Waals surface area contributed by atoms with E-state index < -0.39 is 0 Å². The van der Waals surface area contributed by atoms with Gasteiger partial charge in [0.15, 0.2) is 0 Å². The standard InChI is InChI=1S/C16H14BrNO/c17-14-7-5-11(6-8-14)13-9-15(18-16(19)10-13)12-3-1-2-4-12/h1-8,13H,9-10H2,(H,18,19). The summed E-state index contributed by atoms with van der Waals surface area (Å²) in [5, 5.41) is 3.00. The third kappa shape index (κ3) is 2.71. The second-order valence-electron chi connectivity index (χ2n) is 4.86. The Hall–Kier alpha value is -1.61. The van der Waals surface area contributed by atoms with Crippen LogP contribution in [0.5, 0.6) is 0 Å². The number of halogens is 1. The van der Waals surface area contributed by atoms with Crippen molar-refractivity contribution in [3.63, 3.8) is 0 Å². The number of benzene rings is 1. The second kappa shape index (κ2) is 5.17. The van der Waals surface area contributed by atoms with Crippen LogP contribution in [0.25, 0.3) is 0 Å². The minimum Gasteiger partial charge on any atom is -0.329 e. The van der Waals surface area contributed by atoms with Crippen molar-refractivity contribution >= 4 is 21.8 Å². The first-order valence-corrected chi connectivity index (χ1v) is 7.15. The minimum absolute atomic E-state index is 0.107. The molecule has 1 heterocycles. The average molecular weight is 316 g/mol. The molecule has 0 saturated carbocycles. The Bertz CT molecular complexity index is 582. The lowest BCUT2D eigenvalue weighted by molar-refractivity contribution is -0.121. The van der Waals surface area contributed by atoms with Gasteiger partial charge in [0.1, 0.15) is 0 Å². The maximum absolute atomic E-state index is 11.9. The highest BCUT2D eigenvalue weighted by Gasteiger charge is 2.25. The zero-order chi connectivity index (χ0) is 13.2. The largest absolute Gasteiger partial charge is 0.329 e. The molecule has 1 amide bonds. The molecule has 2 nitrogen and oxygen atoms in total. The van der Waals surface area contributed by atoms with Crippen LogP contribution in [0.15, 0.2) is 64.3 Å². The van der Waals surface area contributed by atoms with Crippen molar-refractivity contribution in [1.29, 1.82) is 0 Å². The van der Waals surface area contributed by atoms with E-state index in [9.17, 15) is 4.79 Å².